The average Bonchev–Trinajstić information content (AvgIpc) is 2.42. The van der Waals surface area contributed by atoms with Crippen molar-refractivity contribution in [3.63, 3.8) is 0 Å². The monoisotopic (exact) mass is 256 g/mol. The summed E-state index contributed by atoms with van der Waals surface area (Å²) in [7, 11) is 0. The van der Waals surface area contributed by atoms with Crippen molar-refractivity contribution >= 4 is 10.9 Å². The maximum atomic E-state index is 4.54. The highest BCUT2D eigenvalue weighted by Crippen LogP contribution is 2.21. The van der Waals surface area contributed by atoms with Crippen LogP contribution in [0.25, 0.3) is 10.9 Å². The molecule has 0 aliphatic heterocycles. The van der Waals surface area contributed by atoms with Crippen LogP contribution in [0.5, 0.6) is 0 Å². The molecule has 2 aromatic rings. The fourth-order valence-electron chi connectivity index (χ4n) is 2.23. The van der Waals surface area contributed by atoms with Crippen LogP contribution in [-0.4, -0.2) is 18.1 Å². The third-order valence-corrected chi connectivity index (χ3v) is 3.49. The number of para-hydroxylation sites is 1. The Balaban J connectivity index is 1.95. The average molecular weight is 256 g/mol. The van der Waals surface area contributed by atoms with Gasteiger partial charge in [0.15, 0.2) is 0 Å². The zero-order valence-electron chi connectivity index (χ0n) is 12.2. The van der Waals surface area contributed by atoms with E-state index in [1.165, 1.54) is 10.9 Å². The third-order valence-electron chi connectivity index (χ3n) is 3.49. The maximum absolute atomic E-state index is 4.54. The molecule has 1 aromatic carbocycles. The highest BCUT2D eigenvalue weighted by Gasteiger charge is 2.07. The van der Waals surface area contributed by atoms with E-state index < -0.39 is 0 Å². The fourth-order valence-corrected chi connectivity index (χ4v) is 2.23. The van der Waals surface area contributed by atoms with Crippen LogP contribution in [0.3, 0.4) is 0 Å². The largest absolute Gasteiger partial charge is 0.316 e. The number of fused-ring (bicyclic) bond motifs is 1. The number of nitrogens with one attached hydrogen (secondary N) is 1. The molecule has 1 atom stereocenters. The minimum absolute atomic E-state index is 0.553. The number of aromatic nitrogens is 1. The molecule has 0 saturated heterocycles. The van der Waals surface area contributed by atoms with E-state index in [1.807, 2.05) is 12.3 Å². The lowest BCUT2D eigenvalue weighted by Crippen LogP contribution is -2.21. The van der Waals surface area contributed by atoms with Crippen molar-refractivity contribution < 1.29 is 0 Å². The standard InChI is InChI=1S/C17H24N2/c1-13(2)11-18-9-8-14(3)16-10-15-6-4-5-7-17(15)19-12-16/h4-7,10,12-14,18H,8-9,11H2,1-3H3. The van der Waals surface area contributed by atoms with Crippen molar-refractivity contribution in [2.75, 3.05) is 13.1 Å². The maximum Gasteiger partial charge on any atom is 0.0702 e. The molecule has 1 unspecified atom stereocenters. The van der Waals surface area contributed by atoms with Crippen LogP contribution in [0.15, 0.2) is 36.5 Å². The predicted molar refractivity (Wildman–Crippen MR) is 82.5 cm³/mol. The van der Waals surface area contributed by atoms with Crippen molar-refractivity contribution in [3.8, 4) is 0 Å². The molecule has 0 saturated carbocycles. The van der Waals surface area contributed by atoms with E-state index in [0.29, 0.717) is 5.92 Å². The van der Waals surface area contributed by atoms with Crippen molar-refractivity contribution in [2.24, 2.45) is 5.92 Å². The molecular formula is C17H24N2. The lowest BCUT2D eigenvalue weighted by Gasteiger charge is -2.13. The molecule has 0 bridgehead atoms. The summed E-state index contributed by atoms with van der Waals surface area (Å²) >= 11 is 0. The third kappa shape index (κ3) is 4.03. The number of rotatable bonds is 6. The number of benzene rings is 1. The molecule has 0 aliphatic rings. The van der Waals surface area contributed by atoms with Crippen LogP contribution in [0, 0.1) is 5.92 Å². The van der Waals surface area contributed by atoms with Crippen LogP contribution in [0.4, 0.5) is 0 Å². The zero-order chi connectivity index (χ0) is 13.7. The summed E-state index contributed by atoms with van der Waals surface area (Å²) in [6.45, 7) is 8.94. The summed E-state index contributed by atoms with van der Waals surface area (Å²) in [6.07, 6.45) is 3.18. The van der Waals surface area contributed by atoms with E-state index in [4.69, 9.17) is 0 Å². The Morgan fingerprint density at radius 1 is 1.16 bits per heavy atom. The van der Waals surface area contributed by atoms with Gasteiger partial charge in [-0.1, -0.05) is 39.0 Å². The molecule has 2 nitrogen and oxygen atoms in total. The molecule has 102 valence electrons. The Morgan fingerprint density at radius 3 is 2.74 bits per heavy atom. The SMILES string of the molecule is CC(C)CNCCC(C)c1cnc2ccccc2c1. The van der Waals surface area contributed by atoms with Crippen LogP contribution >= 0.6 is 0 Å². The van der Waals surface area contributed by atoms with E-state index in [9.17, 15) is 0 Å². The first-order valence-electron chi connectivity index (χ1n) is 7.22. The molecule has 19 heavy (non-hydrogen) atoms. The second-order valence-electron chi connectivity index (χ2n) is 5.75. The molecule has 1 heterocycles. The Hall–Kier alpha value is -1.41. The van der Waals surface area contributed by atoms with Gasteiger partial charge in [-0.15, -0.1) is 0 Å². The molecule has 2 heteroatoms. The van der Waals surface area contributed by atoms with Crippen molar-refractivity contribution in [1.29, 1.82) is 0 Å². The molecule has 2 rings (SSSR count). The quantitative estimate of drug-likeness (QED) is 0.791. The first-order chi connectivity index (χ1) is 9.16. The van der Waals surface area contributed by atoms with Crippen LogP contribution in [0.1, 0.15) is 38.7 Å². The molecule has 0 spiro atoms. The fraction of sp³-hybridized carbons (Fsp3) is 0.471. The second-order valence-corrected chi connectivity index (χ2v) is 5.75. The van der Waals surface area contributed by atoms with Gasteiger partial charge < -0.3 is 5.32 Å². The van der Waals surface area contributed by atoms with Gasteiger partial charge in [0.1, 0.15) is 0 Å². The highest BCUT2D eigenvalue weighted by atomic mass is 14.8. The van der Waals surface area contributed by atoms with E-state index >= 15 is 0 Å². The molecular weight excluding hydrogens is 232 g/mol. The number of hydrogen-bond acceptors (Lipinski definition) is 2. The zero-order valence-corrected chi connectivity index (χ0v) is 12.2. The Bertz CT molecular complexity index is 519. The van der Waals surface area contributed by atoms with Crippen LogP contribution in [-0.2, 0) is 0 Å². The lowest BCUT2D eigenvalue weighted by atomic mass is 9.98. The smallest absolute Gasteiger partial charge is 0.0702 e. The molecule has 0 aliphatic carbocycles. The van der Waals surface area contributed by atoms with Gasteiger partial charge in [0.25, 0.3) is 0 Å². The van der Waals surface area contributed by atoms with Gasteiger partial charge in [-0.3, -0.25) is 4.98 Å². The Labute approximate surface area is 116 Å². The van der Waals surface area contributed by atoms with Crippen molar-refractivity contribution in [3.05, 3.63) is 42.1 Å². The molecule has 0 amide bonds. The molecule has 0 radical (unpaired) electrons. The van der Waals surface area contributed by atoms with Gasteiger partial charge in [-0.25, -0.2) is 0 Å². The number of hydrogen-bond donors (Lipinski definition) is 1. The first kappa shape index (κ1) is 14.0. The van der Waals surface area contributed by atoms with Crippen LogP contribution < -0.4 is 5.32 Å². The van der Waals surface area contributed by atoms with Crippen molar-refractivity contribution in [2.45, 2.75) is 33.1 Å². The van der Waals surface area contributed by atoms with E-state index in [-0.39, 0.29) is 0 Å². The minimum atomic E-state index is 0.553. The van der Waals surface area contributed by atoms with Gasteiger partial charge in [-0.05, 0) is 49.0 Å². The van der Waals surface area contributed by atoms with Crippen LogP contribution in [0.2, 0.25) is 0 Å². The topological polar surface area (TPSA) is 24.9 Å². The summed E-state index contributed by atoms with van der Waals surface area (Å²) in [4.78, 5) is 4.54. The predicted octanol–water partition coefficient (Wildman–Crippen LogP) is 3.97. The molecule has 1 N–H and O–H groups in total. The second kappa shape index (κ2) is 6.67. The minimum Gasteiger partial charge on any atom is -0.316 e. The molecule has 1 aromatic heterocycles. The normalized spacial score (nSPS) is 13.1. The van der Waals surface area contributed by atoms with E-state index in [0.717, 1.165) is 30.9 Å². The highest BCUT2D eigenvalue weighted by molar-refractivity contribution is 5.78. The number of nitrogens with zero attached hydrogens (tertiary/aromatic N) is 1. The lowest BCUT2D eigenvalue weighted by molar-refractivity contribution is 0.524. The van der Waals surface area contributed by atoms with E-state index in [1.54, 1.807) is 0 Å². The first-order valence-corrected chi connectivity index (χ1v) is 7.22. The Morgan fingerprint density at radius 2 is 1.95 bits per heavy atom. The van der Waals surface area contributed by atoms with Gasteiger partial charge in [0, 0.05) is 11.6 Å². The summed E-state index contributed by atoms with van der Waals surface area (Å²) in [5, 5.41) is 4.74. The van der Waals surface area contributed by atoms with E-state index in [2.05, 4.69) is 55.3 Å². The number of pyridine rings is 1. The molecule has 0 fully saturated rings. The summed E-state index contributed by atoms with van der Waals surface area (Å²) in [5.41, 5.74) is 2.42. The summed E-state index contributed by atoms with van der Waals surface area (Å²) in [5.74, 6) is 1.27. The van der Waals surface area contributed by atoms with Crippen molar-refractivity contribution in [1.82, 2.24) is 10.3 Å². The van der Waals surface area contributed by atoms with Gasteiger partial charge >= 0.3 is 0 Å². The summed E-state index contributed by atoms with van der Waals surface area (Å²) < 4.78 is 0. The Kier molecular flexibility index (Phi) is 4.92. The summed E-state index contributed by atoms with van der Waals surface area (Å²) in [6, 6.07) is 10.6. The van der Waals surface area contributed by atoms with Gasteiger partial charge in [0.05, 0.1) is 5.52 Å². The van der Waals surface area contributed by atoms with Gasteiger partial charge in [0.2, 0.25) is 0 Å². The van der Waals surface area contributed by atoms with Gasteiger partial charge in [-0.2, -0.15) is 0 Å².